The zero-order chi connectivity index (χ0) is 35.0. The van der Waals surface area contributed by atoms with E-state index >= 15 is 0 Å². The van der Waals surface area contributed by atoms with Gasteiger partial charge in [-0.3, -0.25) is 0 Å². The van der Waals surface area contributed by atoms with Crippen molar-refractivity contribution in [2.45, 2.75) is 6.61 Å². The van der Waals surface area contributed by atoms with Crippen LogP contribution in [0.3, 0.4) is 0 Å². The number of hydrogen-bond acceptors (Lipinski definition) is 14. The first-order valence-corrected chi connectivity index (χ1v) is 16.4. The molecule has 49 heavy (non-hydrogen) atoms. The molecule has 2 aromatic carbocycles. The summed E-state index contributed by atoms with van der Waals surface area (Å²) in [5.41, 5.74) is 1.35. The maximum Gasteiger partial charge on any atom is 0.338 e. The highest BCUT2D eigenvalue weighted by atomic mass is 16.6. The van der Waals surface area contributed by atoms with Crippen LogP contribution in [-0.2, 0) is 54.0 Å². The number of benzene rings is 2. The number of carbonyl (C=O) groups excluding carboxylic acids is 1. The van der Waals surface area contributed by atoms with Gasteiger partial charge in [-0.05, 0) is 17.7 Å². The van der Waals surface area contributed by atoms with E-state index in [1.165, 1.54) is 7.11 Å². The van der Waals surface area contributed by atoms with Gasteiger partial charge in [-0.15, -0.1) is 0 Å². The summed E-state index contributed by atoms with van der Waals surface area (Å²) in [7, 11) is 4.54. The Kier molecular flexibility index (Phi) is 25.6. The van der Waals surface area contributed by atoms with E-state index in [4.69, 9.17) is 61.6 Å². The normalized spacial score (nSPS) is 11.1. The van der Waals surface area contributed by atoms with Crippen LogP contribution in [0.25, 0.3) is 0 Å². The maximum absolute atomic E-state index is 12.5. The molecular weight excluding hydrogens is 644 g/mol. The number of ether oxygens (including phenoxy) is 13. The first kappa shape index (κ1) is 42.1. The molecule has 0 saturated carbocycles. The molecule has 0 atom stereocenters. The molecule has 2 aromatic rings. The average Bonchev–Trinajstić information content (AvgIpc) is 3.13. The Balaban J connectivity index is 1.85. The number of carbonyl (C=O) groups is 1. The standard InChI is InChI=1S/C35H54O14/c1-37-9-11-40-13-16-43-21-24-47-32-27-31(35(36)39-3)28-33(34(32)49-26-23-45-17-14-41-12-10-38-2)48-25-22-44-18-15-42-19-20-46-29-30-7-5-4-6-8-30/h4-8,27-28H,9-26,29H2,1-3H3. The molecule has 0 N–H and O–H groups in total. The summed E-state index contributed by atoms with van der Waals surface area (Å²) in [6.45, 7) is 7.41. The first-order valence-electron chi connectivity index (χ1n) is 16.4. The fourth-order valence-electron chi connectivity index (χ4n) is 3.93. The van der Waals surface area contributed by atoms with Gasteiger partial charge in [0, 0.05) is 14.2 Å². The number of methoxy groups -OCH3 is 3. The zero-order valence-electron chi connectivity index (χ0n) is 29.2. The molecule has 0 unspecified atom stereocenters. The van der Waals surface area contributed by atoms with Gasteiger partial charge in [0.2, 0.25) is 5.75 Å². The molecule has 0 radical (unpaired) electrons. The number of rotatable bonds is 33. The molecule has 0 spiro atoms. The fourth-order valence-corrected chi connectivity index (χ4v) is 3.93. The van der Waals surface area contributed by atoms with Crippen molar-refractivity contribution in [3.05, 3.63) is 53.6 Å². The van der Waals surface area contributed by atoms with E-state index in [1.54, 1.807) is 26.4 Å². The molecular formula is C35H54O14. The van der Waals surface area contributed by atoms with E-state index in [9.17, 15) is 4.79 Å². The van der Waals surface area contributed by atoms with Crippen molar-refractivity contribution in [3.63, 3.8) is 0 Å². The van der Waals surface area contributed by atoms with Crippen LogP contribution >= 0.6 is 0 Å². The van der Waals surface area contributed by atoms with E-state index in [2.05, 4.69) is 0 Å². The van der Waals surface area contributed by atoms with Gasteiger partial charge in [0.1, 0.15) is 19.8 Å². The van der Waals surface area contributed by atoms with Crippen molar-refractivity contribution in [1.29, 1.82) is 0 Å². The van der Waals surface area contributed by atoms with Crippen molar-refractivity contribution in [1.82, 2.24) is 0 Å². The second kappa shape index (κ2) is 29.8. The third-order valence-corrected chi connectivity index (χ3v) is 6.35. The van der Waals surface area contributed by atoms with Crippen LogP contribution in [0.5, 0.6) is 17.2 Å². The Morgan fingerprint density at radius 2 is 0.857 bits per heavy atom. The molecule has 0 amide bonds. The van der Waals surface area contributed by atoms with E-state index in [0.29, 0.717) is 103 Å². The largest absolute Gasteiger partial charge is 0.487 e. The minimum atomic E-state index is -0.552. The highest BCUT2D eigenvalue weighted by Crippen LogP contribution is 2.39. The lowest BCUT2D eigenvalue weighted by molar-refractivity contribution is 0.00556. The topological polar surface area (TPSA) is 137 Å². The predicted octanol–water partition coefficient (Wildman–Crippen LogP) is 3.22. The Bertz CT molecular complexity index is 1070. The van der Waals surface area contributed by atoms with E-state index in [1.807, 2.05) is 30.3 Å². The summed E-state index contributed by atoms with van der Waals surface area (Å²) < 4.78 is 71.8. The summed E-state index contributed by atoms with van der Waals surface area (Å²) in [5, 5.41) is 0. The minimum absolute atomic E-state index is 0.183. The molecule has 0 fully saturated rings. The van der Waals surface area contributed by atoms with Gasteiger partial charge in [0.25, 0.3) is 0 Å². The van der Waals surface area contributed by atoms with Crippen LogP contribution in [0.1, 0.15) is 15.9 Å². The van der Waals surface area contributed by atoms with E-state index < -0.39 is 5.97 Å². The number of hydrogen-bond donors (Lipinski definition) is 0. The van der Waals surface area contributed by atoms with Crippen LogP contribution in [0.4, 0.5) is 0 Å². The third-order valence-electron chi connectivity index (χ3n) is 6.35. The predicted molar refractivity (Wildman–Crippen MR) is 179 cm³/mol. The summed E-state index contributed by atoms with van der Waals surface area (Å²) in [5.74, 6) is 0.353. The molecule has 0 saturated heterocycles. The van der Waals surface area contributed by atoms with E-state index in [0.717, 1.165) is 5.56 Å². The Labute approximate surface area is 290 Å². The zero-order valence-corrected chi connectivity index (χ0v) is 29.2. The van der Waals surface area contributed by atoms with Crippen LogP contribution in [0.15, 0.2) is 42.5 Å². The van der Waals surface area contributed by atoms with Crippen LogP contribution in [0, 0.1) is 0 Å². The van der Waals surface area contributed by atoms with Crippen molar-refractivity contribution in [2.24, 2.45) is 0 Å². The van der Waals surface area contributed by atoms with Gasteiger partial charge in [0.15, 0.2) is 11.5 Å². The molecule has 14 nitrogen and oxygen atoms in total. The molecule has 0 heterocycles. The summed E-state index contributed by atoms with van der Waals surface area (Å²) in [6.07, 6.45) is 0. The van der Waals surface area contributed by atoms with Gasteiger partial charge in [-0.25, -0.2) is 4.79 Å². The highest BCUT2D eigenvalue weighted by Gasteiger charge is 2.19. The fraction of sp³-hybridized carbons (Fsp3) is 0.629. The quantitative estimate of drug-likeness (QED) is 0.0797. The van der Waals surface area contributed by atoms with Crippen LogP contribution in [0.2, 0.25) is 0 Å². The van der Waals surface area contributed by atoms with Crippen molar-refractivity contribution >= 4 is 5.97 Å². The summed E-state index contributed by atoms with van der Waals surface area (Å²) in [4.78, 5) is 12.5. The lowest BCUT2D eigenvalue weighted by atomic mass is 10.2. The lowest BCUT2D eigenvalue weighted by Gasteiger charge is -2.18. The van der Waals surface area contributed by atoms with Gasteiger partial charge >= 0.3 is 5.97 Å². The third kappa shape index (κ3) is 20.9. The molecule has 0 aliphatic heterocycles. The van der Waals surface area contributed by atoms with Crippen molar-refractivity contribution in [2.75, 3.05) is 140 Å². The van der Waals surface area contributed by atoms with E-state index in [-0.39, 0.29) is 45.2 Å². The molecule has 2 rings (SSSR count). The highest BCUT2D eigenvalue weighted by molar-refractivity contribution is 5.91. The molecule has 0 bridgehead atoms. The smallest absolute Gasteiger partial charge is 0.338 e. The first-order chi connectivity index (χ1) is 24.2. The van der Waals surface area contributed by atoms with Crippen LogP contribution in [-0.4, -0.2) is 146 Å². The molecule has 278 valence electrons. The Hall–Kier alpha value is -3.05. The van der Waals surface area contributed by atoms with Gasteiger partial charge in [0.05, 0.1) is 118 Å². The minimum Gasteiger partial charge on any atom is -0.487 e. The van der Waals surface area contributed by atoms with Crippen molar-refractivity contribution in [3.8, 4) is 17.2 Å². The Morgan fingerprint density at radius 3 is 1.29 bits per heavy atom. The Morgan fingerprint density at radius 1 is 0.469 bits per heavy atom. The molecule has 14 heteroatoms. The summed E-state index contributed by atoms with van der Waals surface area (Å²) in [6, 6.07) is 13.1. The molecule has 0 aliphatic carbocycles. The monoisotopic (exact) mass is 698 g/mol. The van der Waals surface area contributed by atoms with Gasteiger partial charge in [-0.2, -0.15) is 0 Å². The SMILES string of the molecule is COCCOCCOCCOc1cc(C(=O)OC)cc(OCCOCCOCCOCc2ccccc2)c1OCCOCCOCCOC. The van der Waals surface area contributed by atoms with Crippen LogP contribution < -0.4 is 14.2 Å². The molecule has 0 aliphatic rings. The lowest BCUT2D eigenvalue weighted by Crippen LogP contribution is -2.16. The summed E-state index contributed by atoms with van der Waals surface area (Å²) >= 11 is 0. The van der Waals surface area contributed by atoms with Gasteiger partial charge in [-0.1, -0.05) is 30.3 Å². The number of esters is 1. The van der Waals surface area contributed by atoms with Crippen molar-refractivity contribution < 1.29 is 66.4 Å². The molecule has 0 aromatic heterocycles. The second-order valence-corrected chi connectivity index (χ2v) is 10.0. The van der Waals surface area contributed by atoms with Gasteiger partial charge < -0.3 is 61.6 Å². The second-order valence-electron chi connectivity index (χ2n) is 10.0. The average molecular weight is 699 g/mol. The maximum atomic E-state index is 12.5.